The van der Waals surface area contributed by atoms with Crippen molar-refractivity contribution in [2.75, 3.05) is 14.2 Å². The summed E-state index contributed by atoms with van der Waals surface area (Å²) in [5.41, 5.74) is -1.23. The Labute approximate surface area is 103 Å². The number of rotatable bonds is 4. The van der Waals surface area contributed by atoms with Gasteiger partial charge < -0.3 is 9.47 Å². The highest BCUT2D eigenvalue weighted by Gasteiger charge is 2.64. The largest absolute Gasteiger partial charge is 0.480 e. The molecule has 0 saturated carbocycles. The topological polar surface area (TPSA) is 61.3 Å². The van der Waals surface area contributed by atoms with E-state index in [4.69, 9.17) is 0 Å². The molecule has 0 N–H and O–H groups in total. The number of carbonyl (C=O) groups is 1. The number of nitrogens with zero attached hydrogens (tertiary/aromatic N) is 2. The van der Waals surface area contributed by atoms with Crippen LogP contribution in [0.3, 0.4) is 0 Å². The van der Waals surface area contributed by atoms with Crippen LogP contribution in [-0.2, 0) is 0 Å². The maximum atomic E-state index is 12.9. The van der Waals surface area contributed by atoms with Crippen molar-refractivity contribution in [3.8, 4) is 11.8 Å². The Kier molecular flexibility index (Phi) is 3.91. The van der Waals surface area contributed by atoms with Gasteiger partial charge in [0, 0.05) is 0 Å². The molecule has 1 aromatic rings. The number of halogens is 5. The Bertz CT molecular complexity index is 489. The molecule has 0 aromatic carbocycles. The second-order valence-corrected chi connectivity index (χ2v) is 3.17. The van der Waals surface area contributed by atoms with E-state index in [0.717, 1.165) is 20.4 Å². The Balaban J connectivity index is 3.27. The smallest absolute Gasteiger partial charge is 0.461 e. The molecule has 1 rings (SSSR count). The fourth-order valence-corrected chi connectivity index (χ4v) is 1.03. The molecule has 10 heteroatoms. The number of hydrogen-bond acceptors (Lipinski definition) is 5. The molecular formula is C9H7F5N2O3. The van der Waals surface area contributed by atoms with Crippen LogP contribution in [0.5, 0.6) is 11.8 Å². The van der Waals surface area contributed by atoms with Crippen molar-refractivity contribution in [1.29, 1.82) is 0 Å². The molecule has 19 heavy (non-hydrogen) atoms. The van der Waals surface area contributed by atoms with Crippen molar-refractivity contribution < 1.29 is 36.2 Å². The predicted molar refractivity (Wildman–Crippen MR) is 50.5 cm³/mol. The summed E-state index contributed by atoms with van der Waals surface area (Å²) in [6, 6.07) is 0. The molecule has 0 unspecified atom stereocenters. The summed E-state index contributed by atoms with van der Waals surface area (Å²) in [5, 5.41) is 0. The number of aromatic nitrogens is 2. The minimum atomic E-state index is -6.03. The number of alkyl halides is 5. The zero-order valence-electron chi connectivity index (χ0n) is 9.59. The van der Waals surface area contributed by atoms with Gasteiger partial charge in [0.05, 0.1) is 20.4 Å². The maximum absolute atomic E-state index is 12.9. The zero-order valence-corrected chi connectivity index (χ0v) is 9.59. The lowest BCUT2D eigenvalue weighted by Crippen LogP contribution is -2.44. The lowest BCUT2D eigenvalue weighted by molar-refractivity contribution is -0.255. The van der Waals surface area contributed by atoms with E-state index in [1.807, 2.05) is 0 Å². The lowest BCUT2D eigenvalue weighted by Gasteiger charge is -2.18. The summed E-state index contributed by atoms with van der Waals surface area (Å²) in [5.74, 6) is -9.12. The fraction of sp³-hybridized carbons (Fsp3) is 0.444. The second-order valence-electron chi connectivity index (χ2n) is 3.17. The van der Waals surface area contributed by atoms with Gasteiger partial charge in [0.2, 0.25) is 11.8 Å². The van der Waals surface area contributed by atoms with Gasteiger partial charge in [-0.15, -0.1) is 0 Å². The van der Waals surface area contributed by atoms with E-state index in [1.54, 1.807) is 0 Å². The van der Waals surface area contributed by atoms with E-state index in [1.165, 1.54) is 0 Å². The SMILES string of the molecule is COc1cnc(C(=O)C(F)(F)C(F)(F)F)c(OC)n1. The number of hydrogen-bond donors (Lipinski definition) is 0. The number of Topliss-reactive ketones (excluding diaryl/α,β-unsaturated/α-hetero) is 1. The predicted octanol–water partition coefficient (Wildman–Crippen LogP) is 1.87. The van der Waals surface area contributed by atoms with Gasteiger partial charge >= 0.3 is 12.1 Å². The summed E-state index contributed by atoms with van der Waals surface area (Å²) in [4.78, 5) is 17.8. The fourth-order valence-electron chi connectivity index (χ4n) is 1.03. The van der Waals surface area contributed by atoms with Gasteiger partial charge in [0.25, 0.3) is 5.78 Å². The minimum absolute atomic E-state index is 0.205. The quantitative estimate of drug-likeness (QED) is 0.624. The van der Waals surface area contributed by atoms with Crippen LogP contribution >= 0.6 is 0 Å². The van der Waals surface area contributed by atoms with E-state index in [0.29, 0.717) is 0 Å². The molecule has 0 aliphatic heterocycles. The van der Waals surface area contributed by atoms with Crippen molar-refractivity contribution in [3.63, 3.8) is 0 Å². The van der Waals surface area contributed by atoms with Crippen LogP contribution in [0.4, 0.5) is 22.0 Å². The van der Waals surface area contributed by atoms with Crippen LogP contribution < -0.4 is 9.47 Å². The third kappa shape index (κ3) is 2.71. The monoisotopic (exact) mass is 286 g/mol. The number of methoxy groups -OCH3 is 2. The molecule has 0 spiro atoms. The Morgan fingerprint density at radius 3 is 2.16 bits per heavy atom. The van der Waals surface area contributed by atoms with Crippen LogP contribution in [0, 0.1) is 0 Å². The Morgan fingerprint density at radius 2 is 1.74 bits per heavy atom. The summed E-state index contributed by atoms with van der Waals surface area (Å²) in [6.45, 7) is 0. The molecule has 0 atom stereocenters. The van der Waals surface area contributed by atoms with Crippen molar-refractivity contribution in [3.05, 3.63) is 11.9 Å². The van der Waals surface area contributed by atoms with Crippen LogP contribution in [0.15, 0.2) is 6.20 Å². The minimum Gasteiger partial charge on any atom is -0.480 e. The van der Waals surface area contributed by atoms with Gasteiger partial charge in [-0.1, -0.05) is 0 Å². The number of carbonyl (C=O) groups excluding carboxylic acids is 1. The highest BCUT2D eigenvalue weighted by molar-refractivity contribution is 6.02. The zero-order chi connectivity index (χ0) is 14.8. The molecule has 0 bridgehead atoms. The van der Waals surface area contributed by atoms with Crippen molar-refractivity contribution in [1.82, 2.24) is 9.97 Å². The van der Waals surface area contributed by atoms with E-state index in [9.17, 15) is 26.7 Å². The van der Waals surface area contributed by atoms with E-state index >= 15 is 0 Å². The molecule has 1 aromatic heterocycles. The number of ether oxygens (including phenoxy) is 2. The summed E-state index contributed by atoms with van der Waals surface area (Å²) >= 11 is 0. The highest BCUT2D eigenvalue weighted by atomic mass is 19.4. The first-order valence-corrected chi connectivity index (χ1v) is 4.59. The second kappa shape index (κ2) is 4.94. The van der Waals surface area contributed by atoms with Gasteiger partial charge in [-0.05, 0) is 0 Å². The molecule has 0 radical (unpaired) electrons. The van der Waals surface area contributed by atoms with Gasteiger partial charge in [0.1, 0.15) is 0 Å². The van der Waals surface area contributed by atoms with Crippen LogP contribution in [0.25, 0.3) is 0 Å². The van der Waals surface area contributed by atoms with Crippen molar-refractivity contribution in [2.45, 2.75) is 12.1 Å². The van der Waals surface area contributed by atoms with E-state index < -0.39 is 29.5 Å². The Hall–Kier alpha value is -2.00. The molecule has 0 saturated heterocycles. The molecule has 5 nitrogen and oxygen atoms in total. The van der Waals surface area contributed by atoms with Gasteiger partial charge in [-0.2, -0.15) is 26.9 Å². The first kappa shape index (κ1) is 15.1. The van der Waals surface area contributed by atoms with Crippen molar-refractivity contribution >= 4 is 5.78 Å². The summed E-state index contributed by atoms with van der Waals surface area (Å²) in [6.07, 6.45) is -5.31. The molecular weight excluding hydrogens is 279 g/mol. The molecule has 106 valence electrons. The van der Waals surface area contributed by atoms with E-state index in [-0.39, 0.29) is 5.88 Å². The maximum Gasteiger partial charge on any atom is 0.461 e. The first-order valence-electron chi connectivity index (χ1n) is 4.59. The van der Waals surface area contributed by atoms with Gasteiger partial charge in [-0.25, -0.2) is 4.98 Å². The molecule has 0 aliphatic rings. The van der Waals surface area contributed by atoms with Gasteiger partial charge in [0.15, 0.2) is 5.69 Å². The first-order chi connectivity index (χ1) is 8.65. The summed E-state index contributed by atoms with van der Waals surface area (Å²) in [7, 11) is 2.10. The summed E-state index contributed by atoms with van der Waals surface area (Å²) < 4.78 is 71.0. The average molecular weight is 286 g/mol. The molecule has 0 fully saturated rings. The molecule has 0 amide bonds. The van der Waals surface area contributed by atoms with Crippen molar-refractivity contribution in [2.24, 2.45) is 0 Å². The normalized spacial score (nSPS) is 12.2. The van der Waals surface area contributed by atoms with Crippen LogP contribution in [-0.4, -0.2) is 42.1 Å². The molecule has 0 aliphatic carbocycles. The molecule has 1 heterocycles. The third-order valence-electron chi connectivity index (χ3n) is 1.98. The number of ketones is 1. The third-order valence-corrected chi connectivity index (χ3v) is 1.98. The van der Waals surface area contributed by atoms with Gasteiger partial charge in [-0.3, -0.25) is 4.79 Å². The standard InChI is InChI=1S/C9H7F5N2O3/c1-18-4-3-15-5(7(16-4)19-2)6(17)8(10,11)9(12,13)14/h3H,1-2H3. The van der Waals surface area contributed by atoms with Crippen LogP contribution in [0.2, 0.25) is 0 Å². The highest BCUT2D eigenvalue weighted by Crippen LogP contribution is 2.38. The van der Waals surface area contributed by atoms with Crippen LogP contribution in [0.1, 0.15) is 10.5 Å². The lowest BCUT2D eigenvalue weighted by atomic mass is 10.1. The Morgan fingerprint density at radius 1 is 1.16 bits per heavy atom. The average Bonchev–Trinajstić information content (AvgIpc) is 2.35. The van der Waals surface area contributed by atoms with E-state index in [2.05, 4.69) is 19.4 Å².